The van der Waals surface area contributed by atoms with Crippen LogP contribution in [0, 0.1) is 5.41 Å². The normalized spacial score (nSPS) is 20.6. The van der Waals surface area contributed by atoms with Gasteiger partial charge in [0.05, 0.1) is 0 Å². The van der Waals surface area contributed by atoms with Crippen LogP contribution >= 0.6 is 0 Å². The summed E-state index contributed by atoms with van der Waals surface area (Å²) < 4.78 is 0. The second kappa shape index (κ2) is 2.98. The first kappa shape index (κ1) is 9.51. The Labute approximate surface area is 86.7 Å². The topological polar surface area (TPSA) is 0 Å². The van der Waals surface area contributed by atoms with Gasteiger partial charge in [-0.2, -0.15) is 0 Å². The van der Waals surface area contributed by atoms with Crippen molar-refractivity contribution in [3.05, 3.63) is 41.5 Å². The zero-order chi connectivity index (χ0) is 10.3. The van der Waals surface area contributed by atoms with E-state index >= 15 is 0 Å². The summed E-state index contributed by atoms with van der Waals surface area (Å²) in [4.78, 5) is 0. The molecule has 1 aromatic rings. The Hall–Kier alpha value is -1.04. The Morgan fingerprint density at radius 1 is 1.07 bits per heavy atom. The van der Waals surface area contributed by atoms with Gasteiger partial charge in [0.1, 0.15) is 0 Å². The number of rotatable bonds is 0. The lowest BCUT2D eigenvalue weighted by Gasteiger charge is -2.26. The highest BCUT2D eigenvalue weighted by Gasteiger charge is 2.30. The molecule has 0 spiro atoms. The minimum atomic E-state index is 0.327. The summed E-state index contributed by atoms with van der Waals surface area (Å²) >= 11 is 0. The summed E-state index contributed by atoms with van der Waals surface area (Å²) in [6.07, 6.45) is 2.41. The summed E-state index contributed by atoms with van der Waals surface area (Å²) in [6, 6.07) is 8.76. The van der Waals surface area contributed by atoms with Crippen LogP contribution in [0.25, 0.3) is 5.57 Å². The Kier molecular flexibility index (Phi) is 2.02. The predicted octanol–water partition coefficient (Wildman–Crippen LogP) is 4.23. The molecule has 1 unspecified atom stereocenters. The molecule has 0 radical (unpaired) electrons. The van der Waals surface area contributed by atoms with Crippen LogP contribution in [0.4, 0.5) is 0 Å². The summed E-state index contributed by atoms with van der Waals surface area (Å²) in [7, 11) is 0. The first-order valence-electron chi connectivity index (χ1n) is 5.28. The van der Waals surface area contributed by atoms with E-state index in [1.807, 2.05) is 0 Å². The van der Waals surface area contributed by atoms with Crippen LogP contribution in [-0.2, 0) is 0 Å². The van der Waals surface area contributed by atoms with Crippen LogP contribution in [-0.4, -0.2) is 0 Å². The van der Waals surface area contributed by atoms with Crippen molar-refractivity contribution < 1.29 is 0 Å². The molecule has 0 aliphatic heterocycles. The second-order valence-corrected chi connectivity index (χ2v) is 5.28. The molecule has 0 aromatic heterocycles. The third kappa shape index (κ3) is 1.39. The molecule has 0 saturated heterocycles. The van der Waals surface area contributed by atoms with Crippen LogP contribution in [0.3, 0.4) is 0 Å². The molecule has 0 bridgehead atoms. The van der Waals surface area contributed by atoms with Crippen molar-refractivity contribution >= 4 is 5.57 Å². The molecule has 0 fully saturated rings. The van der Waals surface area contributed by atoms with Gasteiger partial charge < -0.3 is 0 Å². The average Bonchev–Trinajstić information content (AvgIpc) is 2.44. The molecule has 14 heavy (non-hydrogen) atoms. The number of fused-ring (bicyclic) bond motifs is 1. The van der Waals surface area contributed by atoms with Crippen molar-refractivity contribution in [1.82, 2.24) is 0 Å². The summed E-state index contributed by atoms with van der Waals surface area (Å²) in [5.41, 5.74) is 4.69. The lowest BCUT2D eigenvalue weighted by Crippen LogP contribution is -2.14. The minimum Gasteiger partial charge on any atom is -0.0729 e. The highest BCUT2D eigenvalue weighted by atomic mass is 14.3. The highest BCUT2D eigenvalue weighted by Crippen LogP contribution is 2.45. The molecule has 74 valence electrons. The molecule has 2 rings (SSSR count). The number of benzene rings is 1. The van der Waals surface area contributed by atoms with Crippen molar-refractivity contribution in [2.75, 3.05) is 0 Å². The first-order chi connectivity index (χ1) is 6.50. The molecule has 0 heteroatoms. The lowest BCUT2D eigenvalue weighted by atomic mass is 9.78. The van der Waals surface area contributed by atoms with E-state index in [2.05, 4.69) is 58.0 Å². The molecule has 1 aromatic carbocycles. The molecule has 1 aliphatic carbocycles. The highest BCUT2D eigenvalue weighted by molar-refractivity contribution is 5.73. The molecular weight excluding hydrogens is 168 g/mol. The molecule has 0 saturated carbocycles. The fraction of sp³-hybridized carbons (Fsp3) is 0.429. The van der Waals surface area contributed by atoms with E-state index in [1.54, 1.807) is 0 Å². The van der Waals surface area contributed by atoms with Gasteiger partial charge in [-0.3, -0.25) is 0 Å². The Balaban J connectivity index is 2.52. The first-order valence-corrected chi connectivity index (χ1v) is 5.28. The van der Waals surface area contributed by atoms with Crippen LogP contribution in [0.1, 0.15) is 44.7 Å². The average molecular weight is 186 g/mol. The van der Waals surface area contributed by atoms with E-state index in [9.17, 15) is 0 Å². The van der Waals surface area contributed by atoms with Crippen LogP contribution in [0.2, 0.25) is 0 Å². The number of hydrogen-bond acceptors (Lipinski definition) is 0. The quantitative estimate of drug-likeness (QED) is 0.568. The maximum absolute atomic E-state index is 2.41. The van der Waals surface area contributed by atoms with Gasteiger partial charge in [-0.15, -0.1) is 0 Å². The molecule has 0 nitrogen and oxygen atoms in total. The molecule has 1 aliphatic rings. The summed E-state index contributed by atoms with van der Waals surface area (Å²) in [5, 5.41) is 0. The van der Waals surface area contributed by atoms with Crippen molar-refractivity contribution in [2.24, 2.45) is 5.41 Å². The van der Waals surface area contributed by atoms with Gasteiger partial charge in [-0.25, -0.2) is 0 Å². The fourth-order valence-corrected chi connectivity index (χ4v) is 2.27. The van der Waals surface area contributed by atoms with E-state index in [0.29, 0.717) is 11.3 Å². The summed E-state index contributed by atoms with van der Waals surface area (Å²) in [6.45, 7) is 9.14. The molecular formula is C14H18. The minimum absolute atomic E-state index is 0.327. The lowest BCUT2D eigenvalue weighted by molar-refractivity contribution is 0.369. The van der Waals surface area contributed by atoms with Gasteiger partial charge in [0, 0.05) is 5.92 Å². The number of allylic oxidation sites excluding steroid dienone is 2. The fourth-order valence-electron chi connectivity index (χ4n) is 2.27. The van der Waals surface area contributed by atoms with Crippen LogP contribution < -0.4 is 0 Å². The van der Waals surface area contributed by atoms with Crippen molar-refractivity contribution in [3.8, 4) is 0 Å². The molecule has 1 atom stereocenters. The van der Waals surface area contributed by atoms with Crippen molar-refractivity contribution in [3.63, 3.8) is 0 Å². The Morgan fingerprint density at radius 3 is 2.36 bits per heavy atom. The van der Waals surface area contributed by atoms with E-state index in [1.165, 1.54) is 16.7 Å². The third-order valence-electron chi connectivity index (χ3n) is 3.07. The second-order valence-electron chi connectivity index (χ2n) is 5.28. The maximum atomic E-state index is 2.41. The maximum Gasteiger partial charge on any atom is 0.00785 e. The van der Waals surface area contributed by atoms with E-state index in [0.717, 1.165) is 0 Å². The predicted molar refractivity (Wildman–Crippen MR) is 62.3 cm³/mol. The summed E-state index contributed by atoms with van der Waals surface area (Å²) in [5.74, 6) is 0.582. The van der Waals surface area contributed by atoms with E-state index in [4.69, 9.17) is 0 Å². The molecule has 0 heterocycles. The van der Waals surface area contributed by atoms with Gasteiger partial charge >= 0.3 is 0 Å². The largest absolute Gasteiger partial charge is 0.0729 e. The number of hydrogen-bond donors (Lipinski definition) is 0. The van der Waals surface area contributed by atoms with Gasteiger partial charge in [-0.05, 0) is 29.0 Å². The van der Waals surface area contributed by atoms with Gasteiger partial charge in [0.15, 0.2) is 0 Å². The molecule has 0 N–H and O–H groups in total. The molecule has 0 amide bonds. The smallest absolute Gasteiger partial charge is 0.00785 e. The van der Waals surface area contributed by atoms with Crippen molar-refractivity contribution in [1.29, 1.82) is 0 Å². The van der Waals surface area contributed by atoms with E-state index in [-0.39, 0.29) is 0 Å². The third-order valence-corrected chi connectivity index (χ3v) is 3.07. The SMILES string of the molecule is CC1=CC(C(C)(C)C)c2ccccc21. The Bertz CT molecular complexity index is 377. The zero-order valence-electron chi connectivity index (χ0n) is 9.46. The van der Waals surface area contributed by atoms with Gasteiger partial charge in [-0.1, -0.05) is 51.1 Å². The monoisotopic (exact) mass is 186 g/mol. The van der Waals surface area contributed by atoms with E-state index < -0.39 is 0 Å². The van der Waals surface area contributed by atoms with Gasteiger partial charge in [0.2, 0.25) is 0 Å². The zero-order valence-corrected chi connectivity index (χ0v) is 9.46. The van der Waals surface area contributed by atoms with Crippen LogP contribution in [0.15, 0.2) is 30.3 Å². The Morgan fingerprint density at radius 2 is 1.71 bits per heavy atom. The van der Waals surface area contributed by atoms with Crippen LogP contribution in [0.5, 0.6) is 0 Å². The van der Waals surface area contributed by atoms with Gasteiger partial charge in [0.25, 0.3) is 0 Å². The standard InChI is InChI=1S/C14H18/c1-10-9-13(14(2,3)4)12-8-6-5-7-11(10)12/h5-9,13H,1-4H3. The van der Waals surface area contributed by atoms with Crippen molar-refractivity contribution in [2.45, 2.75) is 33.6 Å².